The van der Waals surface area contributed by atoms with E-state index in [0.29, 0.717) is 24.0 Å². The lowest BCUT2D eigenvalue weighted by Crippen LogP contribution is -2.47. The Morgan fingerprint density at radius 3 is 1.87 bits per heavy atom. The van der Waals surface area contributed by atoms with Gasteiger partial charge in [0, 0.05) is 24.8 Å². The van der Waals surface area contributed by atoms with Crippen LogP contribution in [0.3, 0.4) is 0 Å². The largest absolute Gasteiger partial charge is 0.443 e. The van der Waals surface area contributed by atoms with Gasteiger partial charge in [-0.15, -0.1) is 0 Å². The van der Waals surface area contributed by atoms with Crippen LogP contribution >= 0.6 is 0 Å². The molecule has 2 fully saturated rings. The van der Waals surface area contributed by atoms with Crippen molar-refractivity contribution in [3.05, 3.63) is 0 Å². The first-order valence-electron chi connectivity index (χ1n) is 8.31. The van der Waals surface area contributed by atoms with Crippen LogP contribution < -0.4 is 0 Å². The number of rotatable bonds is 0. The van der Waals surface area contributed by atoms with Crippen molar-refractivity contribution in [3.63, 3.8) is 0 Å². The van der Waals surface area contributed by atoms with Crippen LogP contribution in [-0.4, -0.2) is 33.8 Å². The topological polar surface area (TPSA) is 63.7 Å². The summed E-state index contributed by atoms with van der Waals surface area (Å²) in [5.74, 6) is 0.296. The predicted octanol–water partition coefficient (Wildman–Crippen LogP) is 4.09. The molecular formula is C18H31NO4. The zero-order valence-corrected chi connectivity index (χ0v) is 15.6. The van der Waals surface area contributed by atoms with Gasteiger partial charge in [0.2, 0.25) is 5.91 Å². The van der Waals surface area contributed by atoms with Crippen LogP contribution in [-0.2, 0) is 14.3 Å². The van der Waals surface area contributed by atoms with E-state index in [1.54, 1.807) is 20.8 Å². The third-order valence-electron chi connectivity index (χ3n) is 4.14. The molecule has 0 spiro atoms. The van der Waals surface area contributed by atoms with Crippen molar-refractivity contribution in [1.82, 2.24) is 4.90 Å². The summed E-state index contributed by atoms with van der Waals surface area (Å²) in [5, 5.41) is 0. The van der Waals surface area contributed by atoms with E-state index in [2.05, 4.69) is 13.8 Å². The van der Waals surface area contributed by atoms with Crippen LogP contribution in [0, 0.1) is 5.41 Å². The standard InChI is InChI=1S/C11H19NO3.C7H12O/c1-10(2,3)15-9(14)12-8(13)6-7-11(12,4)5;1-7(2)4-3-6(8)5-7/h6-7H2,1-5H3;3-5H2,1-2H3. The summed E-state index contributed by atoms with van der Waals surface area (Å²) in [6, 6.07) is 0. The van der Waals surface area contributed by atoms with Gasteiger partial charge < -0.3 is 4.74 Å². The van der Waals surface area contributed by atoms with E-state index >= 15 is 0 Å². The Morgan fingerprint density at radius 2 is 1.61 bits per heavy atom. The monoisotopic (exact) mass is 325 g/mol. The Morgan fingerprint density at radius 1 is 1.04 bits per heavy atom. The molecule has 5 nitrogen and oxygen atoms in total. The van der Waals surface area contributed by atoms with Gasteiger partial charge in [-0.3, -0.25) is 9.59 Å². The number of Topliss-reactive ketones (excluding diaryl/α,β-unsaturated/α-hetero) is 1. The molecule has 0 bridgehead atoms. The van der Waals surface area contributed by atoms with E-state index in [0.717, 1.165) is 19.3 Å². The van der Waals surface area contributed by atoms with E-state index in [1.807, 2.05) is 13.8 Å². The van der Waals surface area contributed by atoms with Gasteiger partial charge in [-0.2, -0.15) is 0 Å². The Labute approximate surface area is 139 Å². The fraction of sp³-hybridized carbons (Fsp3) is 0.833. The zero-order valence-electron chi connectivity index (χ0n) is 15.6. The number of amides is 2. The Bertz CT molecular complexity index is 486. The summed E-state index contributed by atoms with van der Waals surface area (Å²) in [7, 11) is 0. The number of imide groups is 1. The highest BCUT2D eigenvalue weighted by molar-refractivity contribution is 5.94. The second-order valence-electron chi connectivity index (χ2n) is 8.90. The average Bonchev–Trinajstić information content (AvgIpc) is 2.76. The molecule has 0 radical (unpaired) electrons. The van der Waals surface area contributed by atoms with Gasteiger partial charge in [0.25, 0.3) is 0 Å². The average molecular weight is 325 g/mol. The van der Waals surface area contributed by atoms with Crippen LogP contribution in [0.1, 0.15) is 80.6 Å². The van der Waals surface area contributed by atoms with Crippen molar-refractivity contribution in [2.24, 2.45) is 5.41 Å². The first-order chi connectivity index (χ1) is 10.2. The van der Waals surface area contributed by atoms with E-state index in [9.17, 15) is 14.4 Å². The number of ketones is 1. The number of carbonyl (C=O) groups is 3. The molecule has 0 aromatic rings. The molecule has 2 aliphatic rings. The van der Waals surface area contributed by atoms with Gasteiger partial charge in [-0.25, -0.2) is 9.69 Å². The lowest BCUT2D eigenvalue weighted by molar-refractivity contribution is -0.129. The fourth-order valence-electron chi connectivity index (χ4n) is 2.82. The maximum Gasteiger partial charge on any atom is 0.417 e. The zero-order chi connectivity index (χ0) is 18.1. The van der Waals surface area contributed by atoms with Crippen molar-refractivity contribution in [1.29, 1.82) is 0 Å². The maximum atomic E-state index is 11.8. The van der Waals surface area contributed by atoms with Crippen LogP contribution in [0.15, 0.2) is 0 Å². The highest BCUT2D eigenvalue weighted by Gasteiger charge is 2.43. The summed E-state index contributed by atoms with van der Waals surface area (Å²) >= 11 is 0. The van der Waals surface area contributed by atoms with Gasteiger partial charge in [0.1, 0.15) is 11.4 Å². The molecule has 0 N–H and O–H groups in total. The van der Waals surface area contributed by atoms with Crippen LogP contribution in [0.2, 0.25) is 0 Å². The maximum absolute atomic E-state index is 11.8. The molecule has 0 atom stereocenters. The van der Waals surface area contributed by atoms with Crippen LogP contribution in [0.5, 0.6) is 0 Å². The Kier molecular flexibility index (Phi) is 5.65. The van der Waals surface area contributed by atoms with E-state index in [-0.39, 0.29) is 5.91 Å². The predicted molar refractivity (Wildman–Crippen MR) is 89.0 cm³/mol. The van der Waals surface area contributed by atoms with Crippen molar-refractivity contribution in [2.45, 2.75) is 91.7 Å². The molecule has 1 saturated heterocycles. The first-order valence-corrected chi connectivity index (χ1v) is 8.31. The summed E-state index contributed by atoms with van der Waals surface area (Å²) < 4.78 is 5.19. The van der Waals surface area contributed by atoms with Crippen molar-refractivity contribution < 1.29 is 19.1 Å². The minimum absolute atomic E-state index is 0.144. The second-order valence-corrected chi connectivity index (χ2v) is 8.90. The molecule has 1 saturated carbocycles. The molecule has 1 heterocycles. The molecule has 23 heavy (non-hydrogen) atoms. The molecule has 0 unspecified atom stereocenters. The van der Waals surface area contributed by atoms with E-state index in [1.165, 1.54) is 4.90 Å². The lowest BCUT2D eigenvalue weighted by Gasteiger charge is -2.31. The minimum Gasteiger partial charge on any atom is -0.443 e. The number of hydrogen-bond acceptors (Lipinski definition) is 4. The van der Waals surface area contributed by atoms with E-state index < -0.39 is 17.2 Å². The minimum atomic E-state index is -0.559. The van der Waals surface area contributed by atoms with Gasteiger partial charge in [0.05, 0.1) is 0 Å². The third kappa shape index (κ3) is 5.96. The number of ether oxygens (including phenoxy) is 1. The van der Waals surface area contributed by atoms with Crippen LogP contribution in [0.25, 0.3) is 0 Å². The number of nitrogens with zero attached hydrogens (tertiary/aromatic N) is 1. The molecular weight excluding hydrogens is 294 g/mol. The highest BCUT2D eigenvalue weighted by atomic mass is 16.6. The smallest absolute Gasteiger partial charge is 0.417 e. The third-order valence-corrected chi connectivity index (χ3v) is 4.14. The number of carbonyl (C=O) groups excluding carboxylic acids is 3. The van der Waals surface area contributed by atoms with Crippen LogP contribution in [0.4, 0.5) is 4.79 Å². The molecule has 1 aliphatic carbocycles. The SMILES string of the molecule is CC(C)(C)OC(=O)N1C(=O)CCC1(C)C.CC1(C)CCC(=O)C1. The summed E-state index contributed by atoms with van der Waals surface area (Å²) in [5.41, 5.74) is -0.660. The quantitative estimate of drug-likeness (QED) is 0.673. The number of likely N-dealkylation sites (tertiary alicyclic amines) is 1. The van der Waals surface area contributed by atoms with Gasteiger partial charge in [-0.05, 0) is 52.9 Å². The molecule has 2 rings (SSSR count). The van der Waals surface area contributed by atoms with Gasteiger partial charge in [0.15, 0.2) is 0 Å². The molecule has 0 aromatic carbocycles. The second kappa shape index (κ2) is 6.62. The first kappa shape index (κ1) is 19.7. The molecule has 2 amide bonds. The number of hydrogen-bond donors (Lipinski definition) is 0. The molecule has 1 aliphatic heterocycles. The fourth-order valence-corrected chi connectivity index (χ4v) is 2.82. The van der Waals surface area contributed by atoms with Gasteiger partial charge in [-0.1, -0.05) is 13.8 Å². The molecule has 132 valence electrons. The van der Waals surface area contributed by atoms with Gasteiger partial charge >= 0.3 is 6.09 Å². The summed E-state index contributed by atoms with van der Waals surface area (Å²) in [6.45, 7) is 13.4. The van der Waals surface area contributed by atoms with Crippen molar-refractivity contribution >= 4 is 17.8 Å². The lowest BCUT2D eigenvalue weighted by atomic mass is 9.92. The Hall–Kier alpha value is -1.39. The van der Waals surface area contributed by atoms with Crippen molar-refractivity contribution in [2.75, 3.05) is 0 Å². The molecule has 0 aromatic heterocycles. The molecule has 5 heteroatoms. The Balaban J connectivity index is 0.000000277. The van der Waals surface area contributed by atoms with E-state index in [4.69, 9.17) is 4.74 Å². The highest BCUT2D eigenvalue weighted by Crippen LogP contribution is 2.34. The summed E-state index contributed by atoms with van der Waals surface area (Å²) in [4.78, 5) is 35.2. The normalized spacial score (nSPS) is 22.7. The van der Waals surface area contributed by atoms with Crippen molar-refractivity contribution in [3.8, 4) is 0 Å². The summed E-state index contributed by atoms with van der Waals surface area (Å²) in [6.07, 6.45) is 3.29.